The van der Waals surface area contributed by atoms with Gasteiger partial charge in [0.2, 0.25) is 0 Å². The second-order valence-electron chi connectivity index (χ2n) is 7.02. The van der Waals surface area contributed by atoms with Gasteiger partial charge in [0.25, 0.3) is 0 Å². The third-order valence-corrected chi connectivity index (χ3v) is 3.85. The van der Waals surface area contributed by atoms with Crippen molar-refractivity contribution in [2.24, 2.45) is 0 Å². The van der Waals surface area contributed by atoms with Gasteiger partial charge in [0, 0.05) is 32.4 Å². The topological polar surface area (TPSA) is 92.4 Å². The Labute approximate surface area is 158 Å². The molecule has 0 aromatic heterocycles. The van der Waals surface area contributed by atoms with Crippen molar-refractivity contribution in [3.8, 4) is 12.1 Å². The minimum atomic E-state index is -0.567. The molecule has 1 aliphatic heterocycles. The van der Waals surface area contributed by atoms with Gasteiger partial charge in [0.15, 0.2) is 0 Å². The number of para-hydroxylation sites is 1. The number of amides is 1. The SMILES string of the molecule is CC(C)(C)OC(=O)N1CCN(c2c(F)cccc2NC=C(C#N)C#N)CC1. The zero-order valence-electron chi connectivity index (χ0n) is 15.6. The smallest absolute Gasteiger partial charge is 0.410 e. The van der Waals surface area contributed by atoms with Gasteiger partial charge in [-0.15, -0.1) is 0 Å². The van der Waals surface area contributed by atoms with Crippen LogP contribution in [0.25, 0.3) is 0 Å². The van der Waals surface area contributed by atoms with Gasteiger partial charge >= 0.3 is 6.09 Å². The number of allylic oxidation sites excluding steroid dienone is 1. The maximum atomic E-state index is 14.5. The number of hydrogen-bond donors (Lipinski definition) is 1. The Balaban J connectivity index is 2.12. The molecule has 1 aromatic carbocycles. The van der Waals surface area contributed by atoms with Crippen LogP contribution in [-0.2, 0) is 4.74 Å². The Hall–Kier alpha value is -3.26. The molecule has 0 saturated carbocycles. The Bertz CT molecular complexity index is 793. The first kappa shape index (κ1) is 20.1. The summed E-state index contributed by atoms with van der Waals surface area (Å²) >= 11 is 0. The largest absolute Gasteiger partial charge is 0.444 e. The third kappa shape index (κ3) is 5.35. The summed E-state index contributed by atoms with van der Waals surface area (Å²) in [5.74, 6) is -0.422. The lowest BCUT2D eigenvalue weighted by atomic mass is 10.2. The molecule has 0 atom stereocenters. The number of carbonyl (C=O) groups excluding carboxylic acids is 1. The third-order valence-electron chi connectivity index (χ3n) is 3.85. The maximum Gasteiger partial charge on any atom is 0.410 e. The van der Waals surface area contributed by atoms with Crippen LogP contribution in [0, 0.1) is 28.5 Å². The molecule has 27 heavy (non-hydrogen) atoms. The lowest BCUT2D eigenvalue weighted by Gasteiger charge is -2.37. The lowest BCUT2D eigenvalue weighted by Crippen LogP contribution is -2.50. The van der Waals surface area contributed by atoms with Crippen LogP contribution >= 0.6 is 0 Å². The number of anilines is 2. The molecule has 1 amide bonds. The molecule has 0 unspecified atom stereocenters. The van der Waals surface area contributed by atoms with Crippen molar-refractivity contribution in [3.05, 3.63) is 35.8 Å². The summed E-state index contributed by atoms with van der Waals surface area (Å²) < 4.78 is 19.8. The Morgan fingerprint density at radius 3 is 2.41 bits per heavy atom. The van der Waals surface area contributed by atoms with E-state index in [2.05, 4.69) is 5.32 Å². The summed E-state index contributed by atoms with van der Waals surface area (Å²) in [6.45, 7) is 7.10. The highest BCUT2D eigenvalue weighted by atomic mass is 19.1. The number of nitrogens with one attached hydrogen (secondary N) is 1. The molecule has 7 nitrogen and oxygen atoms in total. The monoisotopic (exact) mass is 371 g/mol. The van der Waals surface area contributed by atoms with Crippen molar-refractivity contribution in [2.75, 3.05) is 36.4 Å². The number of ether oxygens (including phenoxy) is 1. The predicted octanol–water partition coefficient (Wildman–Crippen LogP) is 3.23. The molecular formula is C19H22FN5O2. The summed E-state index contributed by atoms with van der Waals surface area (Å²) in [6, 6.07) is 8.05. The van der Waals surface area contributed by atoms with E-state index in [1.807, 2.05) is 25.7 Å². The Morgan fingerprint density at radius 1 is 1.22 bits per heavy atom. The molecular weight excluding hydrogens is 349 g/mol. The second kappa shape index (κ2) is 8.41. The zero-order chi connectivity index (χ0) is 20.0. The van der Waals surface area contributed by atoms with Crippen molar-refractivity contribution in [3.63, 3.8) is 0 Å². The molecule has 8 heteroatoms. The van der Waals surface area contributed by atoms with E-state index in [0.717, 1.165) is 0 Å². The molecule has 1 heterocycles. The van der Waals surface area contributed by atoms with Crippen LogP contribution < -0.4 is 10.2 Å². The standard InChI is InChI=1S/C19H22FN5O2/c1-19(2,3)27-18(26)25-9-7-24(8-10-25)17-15(20)5-4-6-16(17)23-13-14(11-21)12-22/h4-6,13,23H,7-10H2,1-3H3. The van der Waals surface area contributed by atoms with E-state index in [1.54, 1.807) is 29.2 Å². The average molecular weight is 371 g/mol. The average Bonchev–Trinajstić information content (AvgIpc) is 2.61. The molecule has 2 rings (SSSR count). The Kier molecular flexibility index (Phi) is 6.25. The minimum Gasteiger partial charge on any atom is -0.444 e. The molecule has 0 bridgehead atoms. The van der Waals surface area contributed by atoms with Gasteiger partial charge in [0.05, 0.1) is 11.4 Å². The highest BCUT2D eigenvalue weighted by molar-refractivity contribution is 5.73. The fourth-order valence-corrected chi connectivity index (χ4v) is 2.63. The first-order chi connectivity index (χ1) is 12.7. The summed E-state index contributed by atoms with van der Waals surface area (Å²) in [4.78, 5) is 15.6. The normalized spacial score (nSPS) is 14.0. The molecule has 1 aliphatic rings. The molecule has 0 spiro atoms. The first-order valence-corrected chi connectivity index (χ1v) is 8.53. The maximum absolute atomic E-state index is 14.5. The summed E-state index contributed by atoms with van der Waals surface area (Å²) in [5.41, 5.74) is 0.110. The number of nitriles is 2. The fraction of sp³-hybridized carbons (Fsp3) is 0.421. The van der Waals surface area contributed by atoms with E-state index in [4.69, 9.17) is 15.3 Å². The Morgan fingerprint density at radius 2 is 1.85 bits per heavy atom. The molecule has 142 valence electrons. The first-order valence-electron chi connectivity index (χ1n) is 8.53. The molecule has 1 fully saturated rings. The van der Waals surface area contributed by atoms with Crippen LogP contribution in [0.2, 0.25) is 0 Å². The van der Waals surface area contributed by atoms with E-state index in [-0.39, 0.29) is 11.7 Å². The van der Waals surface area contributed by atoms with Gasteiger partial charge in [-0.3, -0.25) is 0 Å². The van der Waals surface area contributed by atoms with E-state index in [0.29, 0.717) is 37.6 Å². The van der Waals surface area contributed by atoms with Crippen LogP contribution in [0.15, 0.2) is 30.0 Å². The van der Waals surface area contributed by atoms with Crippen molar-refractivity contribution in [2.45, 2.75) is 26.4 Å². The summed E-state index contributed by atoms with van der Waals surface area (Å²) in [7, 11) is 0. The molecule has 0 aliphatic carbocycles. The molecule has 0 radical (unpaired) electrons. The van der Waals surface area contributed by atoms with E-state index in [1.165, 1.54) is 12.3 Å². The number of nitrogens with zero attached hydrogens (tertiary/aromatic N) is 4. The summed E-state index contributed by atoms with van der Waals surface area (Å²) in [6.07, 6.45) is 0.861. The minimum absolute atomic E-state index is 0.111. The van der Waals surface area contributed by atoms with Crippen molar-refractivity contribution in [1.82, 2.24) is 4.90 Å². The van der Waals surface area contributed by atoms with Gasteiger partial charge in [-0.2, -0.15) is 10.5 Å². The van der Waals surface area contributed by atoms with Gasteiger partial charge in [-0.05, 0) is 32.9 Å². The summed E-state index contributed by atoms with van der Waals surface area (Å²) in [5, 5.41) is 20.5. The quantitative estimate of drug-likeness (QED) is 0.820. The zero-order valence-corrected chi connectivity index (χ0v) is 15.6. The fourth-order valence-electron chi connectivity index (χ4n) is 2.63. The van der Waals surface area contributed by atoms with Gasteiger partial charge in [-0.1, -0.05) is 6.07 Å². The molecule has 1 saturated heterocycles. The van der Waals surface area contributed by atoms with Crippen molar-refractivity contribution in [1.29, 1.82) is 10.5 Å². The number of rotatable bonds is 3. The van der Waals surface area contributed by atoms with Crippen LogP contribution in [0.3, 0.4) is 0 Å². The lowest BCUT2D eigenvalue weighted by molar-refractivity contribution is 0.0240. The van der Waals surface area contributed by atoms with Crippen molar-refractivity contribution < 1.29 is 13.9 Å². The van der Waals surface area contributed by atoms with E-state index >= 15 is 0 Å². The molecule has 1 aromatic rings. The van der Waals surface area contributed by atoms with E-state index in [9.17, 15) is 9.18 Å². The van der Waals surface area contributed by atoms with Crippen LogP contribution in [0.1, 0.15) is 20.8 Å². The number of carbonyl (C=O) groups is 1. The number of piperazine rings is 1. The van der Waals surface area contributed by atoms with Crippen LogP contribution in [0.5, 0.6) is 0 Å². The van der Waals surface area contributed by atoms with Crippen molar-refractivity contribution >= 4 is 17.5 Å². The highest BCUT2D eigenvalue weighted by Gasteiger charge is 2.27. The van der Waals surface area contributed by atoms with E-state index < -0.39 is 11.4 Å². The number of hydrogen-bond acceptors (Lipinski definition) is 6. The highest BCUT2D eigenvalue weighted by Crippen LogP contribution is 2.30. The van der Waals surface area contributed by atoms with Gasteiger partial charge < -0.3 is 19.9 Å². The van der Waals surface area contributed by atoms with Crippen LogP contribution in [-0.4, -0.2) is 42.8 Å². The van der Waals surface area contributed by atoms with Crippen LogP contribution in [0.4, 0.5) is 20.6 Å². The predicted molar refractivity (Wildman–Crippen MR) is 99.4 cm³/mol. The van der Waals surface area contributed by atoms with Gasteiger partial charge in [-0.25, -0.2) is 9.18 Å². The number of benzene rings is 1. The molecule has 1 N–H and O–H groups in total. The van der Waals surface area contributed by atoms with Gasteiger partial charge in [0.1, 0.15) is 29.1 Å². The number of halogens is 1. The second-order valence-corrected chi connectivity index (χ2v) is 7.02.